The van der Waals surface area contributed by atoms with Crippen molar-refractivity contribution in [3.63, 3.8) is 0 Å². The van der Waals surface area contributed by atoms with Gasteiger partial charge >= 0.3 is 0 Å². The van der Waals surface area contributed by atoms with Gasteiger partial charge in [-0.2, -0.15) is 0 Å². The van der Waals surface area contributed by atoms with Crippen molar-refractivity contribution in [2.45, 2.75) is 6.92 Å². The van der Waals surface area contributed by atoms with Crippen LogP contribution in [-0.4, -0.2) is 5.16 Å². The topological polar surface area (TPSA) is 65.2 Å². The van der Waals surface area contributed by atoms with Crippen LogP contribution in [0.4, 0.5) is 5.82 Å². The summed E-state index contributed by atoms with van der Waals surface area (Å²) in [6.45, 7) is 2.04. The Labute approximate surface area is 91.6 Å². The average Bonchev–Trinajstić information content (AvgIpc) is 2.83. The molecule has 16 heavy (non-hydrogen) atoms. The zero-order chi connectivity index (χ0) is 11.1. The number of benzene rings is 1. The molecule has 2 N–H and O–H groups in total. The van der Waals surface area contributed by atoms with Crippen molar-refractivity contribution in [1.29, 1.82) is 0 Å². The van der Waals surface area contributed by atoms with Gasteiger partial charge in [-0.25, -0.2) is 0 Å². The largest absolute Gasteiger partial charge is 0.453 e. The van der Waals surface area contributed by atoms with E-state index in [1.165, 1.54) is 5.56 Å². The Balaban J connectivity index is 2.18. The van der Waals surface area contributed by atoms with E-state index in [-0.39, 0.29) is 0 Å². The van der Waals surface area contributed by atoms with Crippen LogP contribution in [0.15, 0.2) is 39.3 Å². The van der Waals surface area contributed by atoms with Crippen LogP contribution in [0, 0.1) is 6.92 Å². The molecule has 80 valence electrons. The molecule has 0 unspecified atom stereocenters. The van der Waals surface area contributed by atoms with E-state index in [2.05, 4.69) is 11.2 Å². The minimum absolute atomic E-state index is 0.353. The van der Waals surface area contributed by atoms with Gasteiger partial charge in [-0.3, -0.25) is 0 Å². The molecule has 2 aromatic heterocycles. The van der Waals surface area contributed by atoms with Crippen LogP contribution in [0.1, 0.15) is 5.56 Å². The van der Waals surface area contributed by atoms with Crippen molar-refractivity contribution in [3.8, 4) is 11.5 Å². The van der Waals surface area contributed by atoms with Gasteiger partial charge in [-0.1, -0.05) is 16.8 Å². The fraction of sp³-hybridized carbons (Fsp3) is 0.0833. The summed E-state index contributed by atoms with van der Waals surface area (Å²) in [7, 11) is 0. The molecule has 0 saturated carbocycles. The highest BCUT2D eigenvalue weighted by Gasteiger charge is 2.10. The molecular formula is C12H10N2O2. The van der Waals surface area contributed by atoms with Crippen LogP contribution in [0.3, 0.4) is 0 Å². The van der Waals surface area contributed by atoms with E-state index in [4.69, 9.17) is 14.7 Å². The van der Waals surface area contributed by atoms with Crippen molar-refractivity contribution in [1.82, 2.24) is 5.16 Å². The Bertz CT molecular complexity index is 652. The summed E-state index contributed by atoms with van der Waals surface area (Å²) in [4.78, 5) is 0. The van der Waals surface area contributed by atoms with Crippen molar-refractivity contribution in [2.75, 3.05) is 5.73 Å². The molecule has 3 aromatic rings. The number of aromatic nitrogens is 1. The second-order valence-electron chi connectivity index (χ2n) is 3.77. The molecule has 0 atom stereocenters. The highest BCUT2D eigenvalue weighted by atomic mass is 16.5. The minimum Gasteiger partial charge on any atom is -0.453 e. The number of hydrogen-bond acceptors (Lipinski definition) is 4. The summed E-state index contributed by atoms with van der Waals surface area (Å²) in [5.74, 6) is 1.54. The number of nitrogens with two attached hydrogens (primary N) is 1. The normalized spacial score (nSPS) is 11.1. The molecule has 1 aromatic carbocycles. The van der Waals surface area contributed by atoms with E-state index in [1.807, 2.05) is 25.1 Å². The number of fused-ring (bicyclic) bond motifs is 1. The predicted octanol–water partition coefficient (Wildman–Crippen LogP) is 2.98. The third-order valence-electron chi connectivity index (χ3n) is 2.44. The van der Waals surface area contributed by atoms with Gasteiger partial charge in [0, 0.05) is 11.5 Å². The Morgan fingerprint density at radius 3 is 2.75 bits per heavy atom. The lowest BCUT2D eigenvalue weighted by molar-refractivity contribution is 0.424. The maximum Gasteiger partial charge on any atom is 0.204 e. The standard InChI is InChI=1S/C12H10N2O2/c1-7-2-3-9-8(4-7)5-10(15-9)11-6-12(13)14-16-11/h2-6H,1H3,(H2,13,14). The van der Waals surface area contributed by atoms with Crippen LogP contribution < -0.4 is 5.73 Å². The molecule has 4 heteroatoms. The highest BCUT2D eigenvalue weighted by molar-refractivity contribution is 5.82. The Morgan fingerprint density at radius 2 is 2.00 bits per heavy atom. The predicted molar refractivity (Wildman–Crippen MR) is 60.9 cm³/mol. The van der Waals surface area contributed by atoms with Gasteiger partial charge in [-0.15, -0.1) is 0 Å². The van der Waals surface area contributed by atoms with E-state index in [1.54, 1.807) is 6.07 Å². The lowest BCUT2D eigenvalue weighted by atomic mass is 10.2. The maximum absolute atomic E-state index is 5.63. The summed E-state index contributed by atoms with van der Waals surface area (Å²) in [6.07, 6.45) is 0. The quantitative estimate of drug-likeness (QED) is 0.676. The summed E-state index contributed by atoms with van der Waals surface area (Å²) in [5.41, 5.74) is 7.51. The van der Waals surface area contributed by atoms with E-state index in [9.17, 15) is 0 Å². The van der Waals surface area contributed by atoms with Gasteiger partial charge < -0.3 is 14.7 Å². The first-order valence-electron chi connectivity index (χ1n) is 4.95. The monoisotopic (exact) mass is 214 g/mol. The average molecular weight is 214 g/mol. The molecule has 0 amide bonds. The Morgan fingerprint density at radius 1 is 1.12 bits per heavy atom. The summed E-state index contributed by atoms with van der Waals surface area (Å²) in [5, 5.41) is 4.67. The first-order chi connectivity index (χ1) is 7.72. The van der Waals surface area contributed by atoms with Gasteiger partial charge in [0.15, 0.2) is 11.6 Å². The summed E-state index contributed by atoms with van der Waals surface area (Å²) < 4.78 is 10.7. The third kappa shape index (κ3) is 1.35. The van der Waals surface area contributed by atoms with E-state index in [0.717, 1.165) is 11.0 Å². The number of furan rings is 1. The van der Waals surface area contributed by atoms with Crippen LogP contribution in [0.2, 0.25) is 0 Å². The molecule has 0 fully saturated rings. The highest BCUT2D eigenvalue weighted by Crippen LogP contribution is 2.29. The molecular weight excluding hydrogens is 204 g/mol. The van der Waals surface area contributed by atoms with Crippen molar-refractivity contribution < 1.29 is 8.94 Å². The molecule has 0 aliphatic rings. The van der Waals surface area contributed by atoms with Crippen molar-refractivity contribution in [3.05, 3.63) is 35.9 Å². The van der Waals surface area contributed by atoms with Gasteiger partial charge in [0.2, 0.25) is 5.76 Å². The molecule has 0 bridgehead atoms. The third-order valence-corrected chi connectivity index (χ3v) is 2.44. The van der Waals surface area contributed by atoms with E-state index >= 15 is 0 Å². The van der Waals surface area contributed by atoms with Gasteiger partial charge in [-0.05, 0) is 25.1 Å². The smallest absolute Gasteiger partial charge is 0.204 e. The number of rotatable bonds is 1. The van der Waals surface area contributed by atoms with Crippen LogP contribution in [-0.2, 0) is 0 Å². The Hall–Kier alpha value is -2.23. The van der Waals surface area contributed by atoms with E-state index in [0.29, 0.717) is 17.3 Å². The van der Waals surface area contributed by atoms with Crippen LogP contribution in [0.5, 0.6) is 0 Å². The molecule has 2 heterocycles. The lowest BCUT2D eigenvalue weighted by Crippen LogP contribution is -1.79. The fourth-order valence-electron chi connectivity index (χ4n) is 1.69. The molecule has 0 spiro atoms. The number of hydrogen-bond donors (Lipinski definition) is 1. The second-order valence-corrected chi connectivity index (χ2v) is 3.77. The van der Waals surface area contributed by atoms with Gasteiger partial charge in [0.1, 0.15) is 5.58 Å². The number of anilines is 1. The lowest BCUT2D eigenvalue weighted by Gasteiger charge is -1.89. The van der Waals surface area contributed by atoms with E-state index < -0.39 is 0 Å². The van der Waals surface area contributed by atoms with Gasteiger partial charge in [0.25, 0.3) is 0 Å². The Kier molecular flexibility index (Phi) is 1.77. The molecule has 4 nitrogen and oxygen atoms in total. The second kappa shape index (κ2) is 3.13. The molecule has 3 rings (SSSR count). The van der Waals surface area contributed by atoms with Crippen molar-refractivity contribution >= 4 is 16.8 Å². The first kappa shape index (κ1) is 9.03. The zero-order valence-electron chi connectivity index (χ0n) is 8.73. The first-order valence-corrected chi connectivity index (χ1v) is 4.95. The minimum atomic E-state index is 0.353. The summed E-state index contributed by atoms with van der Waals surface area (Å²) in [6, 6.07) is 9.56. The summed E-state index contributed by atoms with van der Waals surface area (Å²) >= 11 is 0. The van der Waals surface area contributed by atoms with Crippen LogP contribution >= 0.6 is 0 Å². The molecule has 0 saturated heterocycles. The fourth-order valence-corrected chi connectivity index (χ4v) is 1.69. The van der Waals surface area contributed by atoms with Crippen molar-refractivity contribution in [2.24, 2.45) is 0 Å². The SMILES string of the molecule is Cc1ccc2oc(-c3cc(N)no3)cc2c1. The number of aryl methyl sites for hydroxylation is 1. The van der Waals surface area contributed by atoms with Crippen LogP contribution in [0.25, 0.3) is 22.5 Å². The molecule has 0 radical (unpaired) electrons. The maximum atomic E-state index is 5.63. The molecule has 0 aliphatic heterocycles. The van der Waals surface area contributed by atoms with Gasteiger partial charge in [0.05, 0.1) is 0 Å². The zero-order valence-corrected chi connectivity index (χ0v) is 8.73. The molecule has 0 aliphatic carbocycles. The number of nitrogens with zero attached hydrogens (tertiary/aromatic N) is 1. The number of nitrogen functional groups attached to an aromatic ring is 1.